The van der Waals surface area contributed by atoms with Crippen LogP contribution in [0.3, 0.4) is 0 Å². The van der Waals surface area contributed by atoms with Gasteiger partial charge < -0.3 is 5.32 Å². The lowest BCUT2D eigenvalue weighted by Gasteiger charge is -2.37. The van der Waals surface area contributed by atoms with Gasteiger partial charge in [0, 0.05) is 25.2 Å². The Labute approximate surface area is 76.3 Å². The zero-order chi connectivity index (χ0) is 8.97. The van der Waals surface area contributed by atoms with Crippen LogP contribution in [-0.2, 0) is 0 Å². The Kier molecular flexibility index (Phi) is 4.02. The minimum absolute atomic E-state index is 0.873. The van der Waals surface area contributed by atoms with Crippen molar-refractivity contribution in [2.75, 3.05) is 19.6 Å². The van der Waals surface area contributed by atoms with Gasteiger partial charge in [0.1, 0.15) is 0 Å². The van der Waals surface area contributed by atoms with Gasteiger partial charge in [-0.2, -0.15) is 0 Å². The van der Waals surface area contributed by atoms with Crippen molar-refractivity contribution in [1.82, 2.24) is 10.2 Å². The van der Waals surface area contributed by atoms with Crippen molar-refractivity contribution in [2.45, 2.75) is 45.7 Å². The van der Waals surface area contributed by atoms with Crippen LogP contribution in [0.4, 0.5) is 0 Å². The molecule has 1 heterocycles. The van der Waals surface area contributed by atoms with E-state index in [-0.39, 0.29) is 0 Å². The highest BCUT2D eigenvalue weighted by molar-refractivity contribution is 4.93. The van der Waals surface area contributed by atoms with Gasteiger partial charge in [0.2, 0.25) is 0 Å². The third-order valence-corrected chi connectivity index (χ3v) is 2.61. The van der Waals surface area contributed by atoms with Crippen molar-refractivity contribution in [1.29, 1.82) is 0 Å². The molecule has 0 bridgehead atoms. The standard InChI is InChI=1S/C8H16N2.C2H6/c1-2-10(7-3-4-7)8-5-9-6-8;1-2/h7-9H,2-6H2,1H3;1-2H3. The second kappa shape index (κ2) is 4.83. The smallest absolute Gasteiger partial charge is 0.0348 e. The highest BCUT2D eigenvalue weighted by Crippen LogP contribution is 2.28. The summed E-state index contributed by atoms with van der Waals surface area (Å²) >= 11 is 0. The van der Waals surface area contributed by atoms with E-state index in [2.05, 4.69) is 17.1 Å². The van der Waals surface area contributed by atoms with Gasteiger partial charge in [-0.1, -0.05) is 20.8 Å². The first kappa shape index (κ1) is 10.0. The molecule has 2 fully saturated rings. The fraction of sp³-hybridized carbons (Fsp3) is 1.00. The Balaban J connectivity index is 0.000000336. The zero-order valence-corrected chi connectivity index (χ0v) is 8.64. The van der Waals surface area contributed by atoms with Crippen molar-refractivity contribution >= 4 is 0 Å². The van der Waals surface area contributed by atoms with Gasteiger partial charge >= 0.3 is 0 Å². The Morgan fingerprint density at radius 2 is 1.75 bits per heavy atom. The second-order valence-corrected chi connectivity index (χ2v) is 3.37. The normalized spacial score (nSPS) is 23.0. The van der Waals surface area contributed by atoms with Gasteiger partial charge in [-0.25, -0.2) is 0 Å². The van der Waals surface area contributed by atoms with Crippen LogP contribution in [0.25, 0.3) is 0 Å². The van der Waals surface area contributed by atoms with Gasteiger partial charge in [-0.3, -0.25) is 4.90 Å². The number of rotatable bonds is 3. The predicted molar refractivity (Wildman–Crippen MR) is 53.4 cm³/mol. The molecule has 0 unspecified atom stereocenters. The van der Waals surface area contributed by atoms with Crippen molar-refractivity contribution in [3.05, 3.63) is 0 Å². The number of hydrogen-bond donors (Lipinski definition) is 1. The molecule has 1 saturated heterocycles. The molecule has 2 heteroatoms. The molecule has 0 spiro atoms. The molecule has 0 aromatic heterocycles. The molecular formula is C10H22N2. The van der Waals surface area contributed by atoms with E-state index in [0.717, 1.165) is 12.1 Å². The molecule has 0 aromatic carbocycles. The average Bonchev–Trinajstić information content (AvgIpc) is 2.83. The first-order chi connectivity index (χ1) is 5.92. The zero-order valence-electron chi connectivity index (χ0n) is 8.64. The lowest BCUT2D eigenvalue weighted by molar-refractivity contribution is 0.144. The van der Waals surface area contributed by atoms with E-state index >= 15 is 0 Å². The maximum Gasteiger partial charge on any atom is 0.0348 e. The fourth-order valence-electron chi connectivity index (χ4n) is 1.73. The van der Waals surface area contributed by atoms with Gasteiger partial charge in [0.15, 0.2) is 0 Å². The molecule has 2 nitrogen and oxygen atoms in total. The first-order valence-electron chi connectivity index (χ1n) is 5.38. The number of hydrogen-bond acceptors (Lipinski definition) is 2. The molecule has 1 aliphatic carbocycles. The second-order valence-electron chi connectivity index (χ2n) is 3.37. The highest BCUT2D eigenvalue weighted by atomic mass is 15.3. The Hall–Kier alpha value is -0.0800. The molecule has 0 aromatic rings. The van der Waals surface area contributed by atoms with E-state index in [1.165, 1.54) is 32.5 Å². The molecule has 1 aliphatic heterocycles. The van der Waals surface area contributed by atoms with Crippen molar-refractivity contribution in [3.63, 3.8) is 0 Å². The Morgan fingerprint density at radius 1 is 1.17 bits per heavy atom. The predicted octanol–water partition coefficient (Wildman–Crippen LogP) is 1.47. The van der Waals surface area contributed by atoms with Gasteiger partial charge in [0.25, 0.3) is 0 Å². The lowest BCUT2D eigenvalue weighted by atomic mass is 10.1. The highest BCUT2D eigenvalue weighted by Gasteiger charge is 2.34. The van der Waals surface area contributed by atoms with Crippen LogP contribution in [0, 0.1) is 0 Å². The first-order valence-corrected chi connectivity index (χ1v) is 5.38. The largest absolute Gasteiger partial charge is 0.314 e. The summed E-state index contributed by atoms with van der Waals surface area (Å²) in [6, 6.07) is 1.83. The van der Waals surface area contributed by atoms with Crippen LogP contribution in [0.2, 0.25) is 0 Å². The molecule has 1 N–H and O–H groups in total. The number of likely N-dealkylation sites (N-methyl/N-ethyl adjacent to an activating group) is 1. The summed E-state index contributed by atoms with van der Waals surface area (Å²) in [5.74, 6) is 0. The van der Waals surface area contributed by atoms with E-state index in [9.17, 15) is 0 Å². The summed E-state index contributed by atoms with van der Waals surface area (Å²) < 4.78 is 0. The molecular weight excluding hydrogens is 148 g/mol. The van der Waals surface area contributed by atoms with Crippen LogP contribution in [-0.4, -0.2) is 36.6 Å². The molecule has 72 valence electrons. The summed E-state index contributed by atoms with van der Waals surface area (Å²) in [7, 11) is 0. The molecule has 0 amide bonds. The summed E-state index contributed by atoms with van der Waals surface area (Å²) in [5.41, 5.74) is 0. The van der Waals surface area contributed by atoms with Crippen LogP contribution < -0.4 is 5.32 Å². The van der Waals surface area contributed by atoms with E-state index in [0.29, 0.717) is 0 Å². The third kappa shape index (κ3) is 2.20. The summed E-state index contributed by atoms with van der Waals surface area (Å²) in [6.45, 7) is 9.97. The van der Waals surface area contributed by atoms with E-state index < -0.39 is 0 Å². The molecule has 2 rings (SSSR count). The van der Waals surface area contributed by atoms with Crippen LogP contribution in [0.5, 0.6) is 0 Å². The minimum atomic E-state index is 0.873. The van der Waals surface area contributed by atoms with Gasteiger partial charge in [-0.05, 0) is 19.4 Å². The van der Waals surface area contributed by atoms with Crippen molar-refractivity contribution < 1.29 is 0 Å². The quantitative estimate of drug-likeness (QED) is 0.690. The Bertz CT molecular complexity index is 117. The van der Waals surface area contributed by atoms with Crippen LogP contribution >= 0.6 is 0 Å². The van der Waals surface area contributed by atoms with Crippen LogP contribution in [0.15, 0.2) is 0 Å². The van der Waals surface area contributed by atoms with Crippen molar-refractivity contribution in [3.8, 4) is 0 Å². The van der Waals surface area contributed by atoms with Crippen molar-refractivity contribution in [2.24, 2.45) is 0 Å². The van der Waals surface area contributed by atoms with E-state index in [1.807, 2.05) is 13.8 Å². The number of nitrogens with zero attached hydrogens (tertiary/aromatic N) is 1. The summed E-state index contributed by atoms with van der Waals surface area (Å²) in [6.07, 6.45) is 2.90. The molecule has 0 atom stereocenters. The maximum absolute atomic E-state index is 3.32. The SMILES string of the molecule is CC.CCN(C1CC1)C1CNC1. The molecule has 0 radical (unpaired) electrons. The summed E-state index contributed by atoms with van der Waals surface area (Å²) in [4.78, 5) is 2.65. The summed E-state index contributed by atoms with van der Waals surface area (Å²) in [5, 5.41) is 3.32. The molecule has 12 heavy (non-hydrogen) atoms. The number of nitrogens with one attached hydrogen (secondary N) is 1. The van der Waals surface area contributed by atoms with Gasteiger partial charge in [0.05, 0.1) is 0 Å². The third-order valence-electron chi connectivity index (χ3n) is 2.61. The Morgan fingerprint density at radius 3 is 2.00 bits per heavy atom. The van der Waals surface area contributed by atoms with Crippen LogP contribution in [0.1, 0.15) is 33.6 Å². The van der Waals surface area contributed by atoms with E-state index in [4.69, 9.17) is 0 Å². The van der Waals surface area contributed by atoms with Gasteiger partial charge in [-0.15, -0.1) is 0 Å². The minimum Gasteiger partial charge on any atom is -0.314 e. The average molecular weight is 170 g/mol. The monoisotopic (exact) mass is 170 g/mol. The molecule has 2 aliphatic rings. The molecule has 1 saturated carbocycles. The maximum atomic E-state index is 3.32. The van der Waals surface area contributed by atoms with E-state index in [1.54, 1.807) is 0 Å². The topological polar surface area (TPSA) is 15.3 Å². The fourth-order valence-corrected chi connectivity index (χ4v) is 1.73. The lowest BCUT2D eigenvalue weighted by Crippen LogP contribution is -2.57.